The van der Waals surface area contributed by atoms with Gasteiger partial charge in [0.25, 0.3) is 5.91 Å². The van der Waals surface area contributed by atoms with Gasteiger partial charge in [-0.15, -0.1) is 0 Å². The largest absolute Gasteiger partial charge is 0.497 e. The molecule has 1 amide bonds. The number of carbonyl (C=O) groups excluding carboxylic acids is 1. The Bertz CT molecular complexity index is 809. The highest BCUT2D eigenvalue weighted by Gasteiger charge is 2.09. The number of nitrogens with one attached hydrogen (secondary N) is 1. The molecule has 0 spiro atoms. The molecule has 6 heteroatoms. The topological polar surface area (TPSA) is 76.4 Å². The number of pyridine rings is 1. The Morgan fingerprint density at radius 3 is 2.68 bits per heavy atom. The quantitative estimate of drug-likeness (QED) is 0.572. The molecule has 3 rings (SSSR count). The third-order valence-electron chi connectivity index (χ3n) is 3.46. The van der Waals surface area contributed by atoms with E-state index in [4.69, 9.17) is 9.94 Å². The lowest BCUT2D eigenvalue weighted by atomic mass is 10.2. The van der Waals surface area contributed by atoms with E-state index in [1.165, 1.54) is 0 Å². The van der Waals surface area contributed by atoms with E-state index in [2.05, 4.69) is 4.98 Å². The molecule has 0 aliphatic heterocycles. The van der Waals surface area contributed by atoms with Gasteiger partial charge in [0.1, 0.15) is 17.1 Å². The van der Waals surface area contributed by atoms with E-state index in [9.17, 15) is 4.79 Å². The van der Waals surface area contributed by atoms with Gasteiger partial charge in [0.15, 0.2) is 0 Å². The van der Waals surface area contributed by atoms with Crippen molar-refractivity contribution in [3.63, 3.8) is 0 Å². The average Bonchev–Trinajstić information content (AvgIpc) is 2.97. The van der Waals surface area contributed by atoms with E-state index in [0.717, 1.165) is 16.7 Å². The van der Waals surface area contributed by atoms with Crippen LogP contribution in [0.2, 0.25) is 0 Å². The van der Waals surface area contributed by atoms with Gasteiger partial charge in [-0.2, -0.15) is 0 Å². The number of amides is 1. The van der Waals surface area contributed by atoms with Crippen molar-refractivity contribution in [3.05, 3.63) is 59.9 Å². The molecule has 0 aliphatic carbocycles. The SMILES string of the molecule is COc1ccc(Cn2ccc3ccc(C(=O)NO)nc32)cc1. The highest BCUT2D eigenvalue weighted by molar-refractivity contribution is 5.93. The molecule has 0 saturated heterocycles. The molecule has 2 N–H and O–H groups in total. The van der Waals surface area contributed by atoms with Gasteiger partial charge < -0.3 is 9.30 Å². The number of nitrogens with zero attached hydrogens (tertiary/aromatic N) is 2. The van der Waals surface area contributed by atoms with Crippen LogP contribution in [0.4, 0.5) is 0 Å². The van der Waals surface area contributed by atoms with Gasteiger partial charge in [-0.05, 0) is 35.9 Å². The normalized spacial score (nSPS) is 10.6. The van der Waals surface area contributed by atoms with Crippen LogP contribution in [0.3, 0.4) is 0 Å². The minimum Gasteiger partial charge on any atom is -0.497 e. The maximum Gasteiger partial charge on any atom is 0.293 e. The molecule has 0 bridgehead atoms. The Morgan fingerprint density at radius 1 is 1.23 bits per heavy atom. The van der Waals surface area contributed by atoms with Crippen LogP contribution in [0.1, 0.15) is 16.1 Å². The van der Waals surface area contributed by atoms with Crippen LogP contribution in [0.25, 0.3) is 11.0 Å². The molecule has 0 saturated carbocycles. The number of hydroxylamine groups is 1. The predicted molar refractivity (Wildman–Crippen MR) is 81.1 cm³/mol. The Balaban J connectivity index is 1.94. The monoisotopic (exact) mass is 297 g/mol. The van der Waals surface area contributed by atoms with Crippen LogP contribution < -0.4 is 10.2 Å². The number of aromatic nitrogens is 2. The average molecular weight is 297 g/mol. The fourth-order valence-electron chi connectivity index (χ4n) is 2.30. The van der Waals surface area contributed by atoms with Gasteiger partial charge in [0.2, 0.25) is 0 Å². The van der Waals surface area contributed by atoms with E-state index >= 15 is 0 Å². The van der Waals surface area contributed by atoms with Crippen molar-refractivity contribution in [2.24, 2.45) is 0 Å². The molecule has 2 heterocycles. The van der Waals surface area contributed by atoms with E-state index in [0.29, 0.717) is 12.2 Å². The fourth-order valence-corrected chi connectivity index (χ4v) is 2.30. The molecule has 0 fully saturated rings. The summed E-state index contributed by atoms with van der Waals surface area (Å²) in [5.41, 5.74) is 3.55. The first-order valence-corrected chi connectivity index (χ1v) is 6.74. The zero-order valence-corrected chi connectivity index (χ0v) is 12.0. The molecule has 1 aromatic carbocycles. The third-order valence-corrected chi connectivity index (χ3v) is 3.46. The van der Waals surface area contributed by atoms with Crippen molar-refractivity contribution in [3.8, 4) is 5.75 Å². The summed E-state index contributed by atoms with van der Waals surface area (Å²) in [4.78, 5) is 15.8. The molecule has 0 atom stereocenters. The molecule has 0 aliphatic rings. The summed E-state index contributed by atoms with van der Waals surface area (Å²) in [6.07, 6.45) is 1.92. The maximum atomic E-state index is 11.5. The molecule has 0 radical (unpaired) electrons. The van der Waals surface area contributed by atoms with Crippen molar-refractivity contribution in [1.82, 2.24) is 15.0 Å². The lowest BCUT2D eigenvalue weighted by molar-refractivity contribution is 0.0701. The van der Waals surface area contributed by atoms with Crippen molar-refractivity contribution in [2.75, 3.05) is 7.11 Å². The van der Waals surface area contributed by atoms with Gasteiger partial charge >= 0.3 is 0 Å². The summed E-state index contributed by atoms with van der Waals surface area (Å²) < 4.78 is 7.09. The molecular formula is C16H15N3O3. The summed E-state index contributed by atoms with van der Waals surface area (Å²) in [5.74, 6) is 0.181. The summed E-state index contributed by atoms with van der Waals surface area (Å²) >= 11 is 0. The minimum atomic E-state index is -0.626. The van der Waals surface area contributed by atoms with Gasteiger partial charge in [-0.25, -0.2) is 10.5 Å². The molecule has 22 heavy (non-hydrogen) atoms. The number of fused-ring (bicyclic) bond motifs is 1. The van der Waals surface area contributed by atoms with Crippen LogP contribution in [-0.2, 0) is 6.54 Å². The van der Waals surface area contributed by atoms with Gasteiger partial charge in [0.05, 0.1) is 7.11 Å². The van der Waals surface area contributed by atoms with Crippen LogP contribution in [0.15, 0.2) is 48.7 Å². The summed E-state index contributed by atoms with van der Waals surface area (Å²) in [5, 5.41) is 9.64. The molecular weight excluding hydrogens is 282 g/mol. The Hall–Kier alpha value is -2.86. The number of hydrogen-bond donors (Lipinski definition) is 2. The molecule has 3 aromatic rings. The first-order valence-electron chi connectivity index (χ1n) is 6.74. The van der Waals surface area contributed by atoms with Crippen molar-refractivity contribution >= 4 is 16.9 Å². The summed E-state index contributed by atoms with van der Waals surface area (Å²) in [6.45, 7) is 0.630. The van der Waals surface area contributed by atoms with Gasteiger partial charge in [-0.3, -0.25) is 10.0 Å². The second-order valence-electron chi connectivity index (χ2n) is 4.84. The number of benzene rings is 1. The van der Waals surface area contributed by atoms with E-state index in [1.54, 1.807) is 24.7 Å². The first-order chi connectivity index (χ1) is 10.7. The van der Waals surface area contributed by atoms with Crippen molar-refractivity contribution in [2.45, 2.75) is 6.54 Å². The lowest BCUT2D eigenvalue weighted by Crippen LogP contribution is -2.20. The van der Waals surface area contributed by atoms with Crippen LogP contribution in [0.5, 0.6) is 5.75 Å². The van der Waals surface area contributed by atoms with Crippen LogP contribution >= 0.6 is 0 Å². The number of carbonyl (C=O) groups is 1. The number of methoxy groups -OCH3 is 1. The van der Waals surface area contributed by atoms with Gasteiger partial charge in [0, 0.05) is 18.1 Å². The Kier molecular flexibility index (Phi) is 3.76. The highest BCUT2D eigenvalue weighted by Crippen LogP contribution is 2.18. The zero-order chi connectivity index (χ0) is 15.5. The number of ether oxygens (including phenoxy) is 1. The second kappa shape index (κ2) is 5.87. The van der Waals surface area contributed by atoms with Crippen molar-refractivity contribution in [1.29, 1.82) is 0 Å². The van der Waals surface area contributed by atoms with Crippen LogP contribution in [0, 0.1) is 0 Å². The third kappa shape index (κ3) is 2.64. The first kappa shape index (κ1) is 14.1. The summed E-state index contributed by atoms with van der Waals surface area (Å²) in [6, 6.07) is 13.1. The molecule has 2 aromatic heterocycles. The van der Waals surface area contributed by atoms with E-state index < -0.39 is 5.91 Å². The van der Waals surface area contributed by atoms with Crippen LogP contribution in [-0.4, -0.2) is 27.8 Å². The highest BCUT2D eigenvalue weighted by atomic mass is 16.5. The smallest absolute Gasteiger partial charge is 0.293 e. The standard InChI is InChI=1S/C16H15N3O3/c1-22-13-5-2-11(3-6-13)10-19-9-8-12-4-7-14(16(20)18-21)17-15(12)19/h2-9,21H,10H2,1H3,(H,18,20). The second-order valence-corrected chi connectivity index (χ2v) is 4.84. The summed E-state index contributed by atoms with van der Waals surface area (Å²) in [7, 11) is 1.63. The van der Waals surface area contributed by atoms with Gasteiger partial charge in [-0.1, -0.05) is 12.1 Å². The predicted octanol–water partition coefficient (Wildman–Crippen LogP) is 2.21. The Labute approximate surface area is 126 Å². The fraction of sp³-hybridized carbons (Fsp3) is 0.125. The Morgan fingerprint density at radius 2 is 2.00 bits per heavy atom. The molecule has 112 valence electrons. The maximum absolute atomic E-state index is 11.5. The number of hydrogen-bond acceptors (Lipinski definition) is 4. The van der Waals surface area contributed by atoms with E-state index in [-0.39, 0.29) is 5.69 Å². The number of rotatable bonds is 4. The molecule has 6 nitrogen and oxygen atoms in total. The zero-order valence-electron chi connectivity index (χ0n) is 12.0. The minimum absolute atomic E-state index is 0.171. The van der Waals surface area contributed by atoms with E-state index in [1.807, 2.05) is 41.1 Å². The molecule has 0 unspecified atom stereocenters. The lowest BCUT2D eigenvalue weighted by Gasteiger charge is -2.07. The van der Waals surface area contributed by atoms with Crippen molar-refractivity contribution < 1.29 is 14.7 Å².